The summed E-state index contributed by atoms with van der Waals surface area (Å²) in [6.45, 7) is 11.3. The minimum atomic E-state index is 0.0508. The summed E-state index contributed by atoms with van der Waals surface area (Å²) in [5.41, 5.74) is 0.999. The van der Waals surface area contributed by atoms with Crippen molar-refractivity contribution >= 4 is 0 Å². The second-order valence-electron chi connectivity index (χ2n) is 8.26. The monoisotopic (exact) mass is 266 g/mol. The molecule has 1 heterocycles. The van der Waals surface area contributed by atoms with Gasteiger partial charge in [-0.2, -0.15) is 0 Å². The second kappa shape index (κ2) is 4.46. The van der Waals surface area contributed by atoms with Crippen LogP contribution in [0.15, 0.2) is 0 Å². The third kappa shape index (κ3) is 2.06. The molecule has 2 aliphatic carbocycles. The molecular weight excluding hydrogens is 236 g/mol. The second-order valence-corrected chi connectivity index (χ2v) is 8.26. The SMILES string of the molecule is CC1(C)CCC[C@]2(C)[C@H]3CCOCO[C@]3(C)CC[C@@H]12. The van der Waals surface area contributed by atoms with E-state index in [4.69, 9.17) is 9.47 Å². The minimum Gasteiger partial charge on any atom is -0.355 e. The summed E-state index contributed by atoms with van der Waals surface area (Å²) in [6.07, 6.45) is 7.88. The number of hydrogen-bond donors (Lipinski definition) is 0. The standard InChI is InChI=1S/C17H30O2/c1-15(2)8-5-9-16(3)13(15)6-10-17(4)14(16)7-11-18-12-19-17/h13-14H,5-12H2,1-4H3/t13-,14+,16-,17+/m0/s1. The van der Waals surface area contributed by atoms with Crippen molar-refractivity contribution < 1.29 is 9.47 Å². The van der Waals surface area contributed by atoms with Crippen LogP contribution in [0.3, 0.4) is 0 Å². The van der Waals surface area contributed by atoms with Gasteiger partial charge in [0.1, 0.15) is 6.79 Å². The molecule has 0 unspecified atom stereocenters. The van der Waals surface area contributed by atoms with E-state index in [-0.39, 0.29) is 5.60 Å². The van der Waals surface area contributed by atoms with Crippen molar-refractivity contribution in [2.75, 3.05) is 13.4 Å². The highest BCUT2D eigenvalue weighted by atomic mass is 16.7. The van der Waals surface area contributed by atoms with Crippen LogP contribution in [0.1, 0.15) is 66.2 Å². The van der Waals surface area contributed by atoms with Crippen molar-refractivity contribution in [2.45, 2.75) is 71.8 Å². The fraction of sp³-hybridized carbons (Fsp3) is 1.00. The molecule has 1 aliphatic heterocycles. The van der Waals surface area contributed by atoms with Gasteiger partial charge in [0.2, 0.25) is 0 Å². The largest absolute Gasteiger partial charge is 0.355 e. The molecule has 3 aliphatic rings. The van der Waals surface area contributed by atoms with E-state index in [2.05, 4.69) is 27.7 Å². The quantitative estimate of drug-likeness (QED) is 0.647. The molecule has 0 N–H and O–H groups in total. The summed E-state index contributed by atoms with van der Waals surface area (Å²) in [4.78, 5) is 0. The average molecular weight is 266 g/mol. The van der Waals surface area contributed by atoms with Crippen LogP contribution in [-0.4, -0.2) is 19.0 Å². The summed E-state index contributed by atoms with van der Waals surface area (Å²) < 4.78 is 11.8. The highest BCUT2D eigenvalue weighted by molar-refractivity contribution is 5.08. The van der Waals surface area contributed by atoms with Crippen LogP contribution in [0.2, 0.25) is 0 Å². The Morgan fingerprint density at radius 2 is 1.68 bits per heavy atom. The van der Waals surface area contributed by atoms with Crippen LogP contribution in [0.5, 0.6) is 0 Å². The lowest BCUT2D eigenvalue weighted by atomic mass is 9.45. The van der Waals surface area contributed by atoms with Gasteiger partial charge in [0, 0.05) is 6.61 Å². The van der Waals surface area contributed by atoms with E-state index in [0.29, 0.717) is 23.5 Å². The van der Waals surface area contributed by atoms with Crippen molar-refractivity contribution in [2.24, 2.45) is 22.7 Å². The fourth-order valence-electron chi connectivity index (χ4n) is 5.85. The minimum absolute atomic E-state index is 0.0508. The maximum atomic E-state index is 6.15. The highest BCUT2D eigenvalue weighted by Gasteiger charge is 2.58. The number of hydrogen-bond acceptors (Lipinski definition) is 2. The lowest BCUT2D eigenvalue weighted by Crippen LogP contribution is -2.58. The Kier molecular flexibility index (Phi) is 3.26. The lowest BCUT2D eigenvalue weighted by molar-refractivity contribution is -0.201. The van der Waals surface area contributed by atoms with E-state index < -0.39 is 0 Å². The first kappa shape index (κ1) is 13.9. The van der Waals surface area contributed by atoms with Gasteiger partial charge < -0.3 is 9.47 Å². The van der Waals surface area contributed by atoms with E-state index in [9.17, 15) is 0 Å². The first-order valence-electron chi connectivity index (χ1n) is 8.10. The molecule has 0 bridgehead atoms. The maximum Gasteiger partial charge on any atom is 0.147 e. The van der Waals surface area contributed by atoms with Gasteiger partial charge in [0.15, 0.2) is 0 Å². The Morgan fingerprint density at radius 3 is 2.47 bits per heavy atom. The van der Waals surface area contributed by atoms with Crippen molar-refractivity contribution in [1.82, 2.24) is 0 Å². The van der Waals surface area contributed by atoms with E-state index in [0.717, 1.165) is 12.5 Å². The first-order valence-corrected chi connectivity index (χ1v) is 8.10. The third-order valence-electron chi connectivity index (χ3n) is 6.76. The molecular formula is C17H30O2. The summed E-state index contributed by atoms with van der Waals surface area (Å²) in [5.74, 6) is 1.52. The van der Waals surface area contributed by atoms with Gasteiger partial charge in [-0.1, -0.05) is 27.2 Å². The summed E-state index contributed by atoms with van der Waals surface area (Å²) in [5, 5.41) is 0. The zero-order chi connectivity index (χ0) is 13.7. The summed E-state index contributed by atoms with van der Waals surface area (Å²) >= 11 is 0. The van der Waals surface area contributed by atoms with Crippen LogP contribution in [0.25, 0.3) is 0 Å². The molecule has 0 aromatic carbocycles. The molecule has 3 fully saturated rings. The van der Waals surface area contributed by atoms with E-state index >= 15 is 0 Å². The number of fused-ring (bicyclic) bond motifs is 3. The molecule has 0 aromatic heterocycles. The highest BCUT2D eigenvalue weighted by Crippen LogP contribution is 2.63. The molecule has 0 spiro atoms. The van der Waals surface area contributed by atoms with Crippen LogP contribution in [-0.2, 0) is 9.47 Å². The first-order chi connectivity index (χ1) is 8.89. The Hall–Kier alpha value is -0.0800. The van der Waals surface area contributed by atoms with Crippen LogP contribution >= 0.6 is 0 Å². The van der Waals surface area contributed by atoms with Gasteiger partial charge in [-0.3, -0.25) is 0 Å². The molecule has 4 atom stereocenters. The van der Waals surface area contributed by atoms with Crippen molar-refractivity contribution in [1.29, 1.82) is 0 Å². The molecule has 3 rings (SSSR count). The van der Waals surface area contributed by atoms with Gasteiger partial charge in [0.05, 0.1) is 5.60 Å². The van der Waals surface area contributed by atoms with E-state index in [1.54, 1.807) is 0 Å². The fourth-order valence-corrected chi connectivity index (χ4v) is 5.85. The van der Waals surface area contributed by atoms with Gasteiger partial charge >= 0.3 is 0 Å². The molecule has 2 nitrogen and oxygen atoms in total. The molecule has 110 valence electrons. The predicted octanol–water partition coefficient (Wildman–Crippen LogP) is 4.38. The Balaban J connectivity index is 1.96. The Bertz CT molecular complexity index is 351. The maximum absolute atomic E-state index is 6.15. The average Bonchev–Trinajstić information content (AvgIpc) is 2.50. The molecule has 2 heteroatoms. The molecule has 1 saturated heterocycles. The predicted molar refractivity (Wildman–Crippen MR) is 76.9 cm³/mol. The van der Waals surface area contributed by atoms with Crippen molar-refractivity contribution in [3.8, 4) is 0 Å². The van der Waals surface area contributed by atoms with E-state index in [1.165, 1.54) is 38.5 Å². The molecule has 19 heavy (non-hydrogen) atoms. The molecule has 0 aromatic rings. The van der Waals surface area contributed by atoms with Crippen LogP contribution in [0.4, 0.5) is 0 Å². The van der Waals surface area contributed by atoms with Crippen LogP contribution in [0, 0.1) is 22.7 Å². The number of rotatable bonds is 0. The smallest absolute Gasteiger partial charge is 0.147 e. The van der Waals surface area contributed by atoms with Crippen molar-refractivity contribution in [3.63, 3.8) is 0 Å². The van der Waals surface area contributed by atoms with E-state index in [1.807, 2.05) is 0 Å². The Morgan fingerprint density at radius 1 is 0.895 bits per heavy atom. The third-order valence-corrected chi connectivity index (χ3v) is 6.76. The van der Waals surface area contributed by atoms with Gasteiger partial charge in [0.25, 0.3) is 0 Å². The van der Waals surface area contributed by atoms with Crippen molar-refractivity contribution in [3.05, 3.63) is 0 Å². The molecule has 0 radical (unpaired) electrons. The topological polar surface area (TPSA) is 18.5 Å². The summed E-state index contributed by atoms with van der Waals surface area (Å²) in [7, 11) is 0. The van der Waals surface area contributed by atoms with Gasteiger partial charge in [-0.25, -0.2) is 0 Å². The number of ether oxygens (including phenoxy) is 2. The normalized spacial score (nSPS) is 49.9. The van der Waals surface area contributed by atoms with Gasteiger partial charge in [-0.05, 0) is 61.7 Å². The lowest BCUT2D eigenvalue weighted by Gasteiger charge is -2.61. The Labute approximate surface area is 118 Å². The zero-order valence-corrected chi connectivity index (χ0v) is 13.1. The zero-order valence-electron chi connectivity index (χ0n) is 13.1. The molecule has 0 amide bonds. The molecule has 2 saturated carbocycles. The van der Waals surface area contributed by atoms with Gasteiger partial charge in [-0.15, -0.1) is 0 Å². The summed E-state index contributed by atoms with van der Waals surface area (Å²) in [6, 6.07) is 0. The van der Waals surface area contributed by atoms with Crippen LogP contribution < -0.4 is 0 Å².